The van der Waals surface area contributed by atoms with Crippen LogP contribution in [0.25, 0.3) is 0 Å². The molecule has 1 atom stereocenters. The van der Waals surface area contributed by atoms with Crippen molar-refractivity contribution >= 4 is 25.9 Å². The zero-order chi connectivity index (χ0) is 11.1. The van der Waals surface area contributed by atoms with Crippen LogP contribution in [0, 0.1) is 0 Å². The highest BCUT2D eigenvalue weighted by Gasteiger charge is 2.14. The monoisotopic (exact) mass is 222 g/mol. The Morgan fingerprint density at radius 2 is 1.64 bits per heavy atom. The summed E-state index contributed by atoms with van der Waals surface area (Å²) in [6.45, 7) is 0. The van der Waals surface area contributed by atoms with Crippen molar-refractivity contribution in [3.8, 4) is 0 Å². The van der Waals surface area contributed by atoms with Gasteiger partial charge in [0, 0.05) is 14.3 Å². The second-order valence-corrected chi connectivity index (χ2v) is 4.42. The highest BCUT2D eigenvalue weighted by molar-refractivity contribution is 7.52. The fraction of sp³-hybridized carbons (Fsp3) is 0.571. The summed E-state index contributed by atoms with van der Waals surface area (Å²) in [7, 11) is -1.68. The summed E-state index contributed by atoms with van der Waals surface area (Å²) >= 11 is 0. The molecule has 0 rings (SSSR count). The summed E-state index contributed by atoms with van der Waals surface area (Å²) in [6, 6.07) is 0. The maximum absolute atomic E-state index is 10.8. The van der Waals surface area contributed by atoms with Gasteiger partial charge in [0.15, 0.2) is 0 Å². The highest BCUT2D eigenvalue weighted by atomic mass is 31.1. The molecule has 0 fully saturated rings. The predicted octanol–water partition coefficient (Wildman–Crippen LogP) is -0.106. The van der Waals surface area contributed by atoms with Gasteiger partial charge >= 0.3 is 11.9 Å². The van der Waals surface area contributed by atoms with E-state index in [1.807, 2.05) is 0 Å². The van der Waals surface area contributed by atoms with Gasteiger partial charge in [-0.2, -0.15) is 0 Å². The Kier molecular flexibility index (Phi) is 5.99. The van der Waals surface area contributed by atoms with Crippen molar-refractivity contribution in [2.45, 2.75) is 12.8 Å². The van der Waals surface area contributed by atoms with Crippen LogP contribution in [0.15, 0.2) is 0 Å². The molecule has 0 saturated heterocycles. The van der Waals surface area contributed by atoms with Crippen LogP contribution in [-0.2, 0) is 14.4 Å². The SMILES string of the molecule is O=C(O)CCP(O)CC(=O)CC(=O)O. The molecule has 0 aliphatic rings. The van der Waals surface area contributed by atoms with E-state index >= 15 is 0 Å². The van der Waals surface area contributed by atoms with Crippen LogP contribution in [-0.4, -0.2) is 45.2 Å². The molecule has 80 valence electrons. The van der Waals surface area contributed by atoms with E-state index < -0.39 is 32.3 Å². The number of carboxylic acid groups (broad SMARTS) is 2. The third kappa shape index (κ3) is 7.64. The van der Waals surface area contributed by atoms with Crippen LogP contribution in [0.5, 0.6) is 0 Å². The predicted molar refractivity (Wildman–Crippen MR) is 48.4 cm³/mol. The lowest BCUT2D eigenvalue weighted by Crippen LogP contribution is -2.11. The normalized spacial score (nSPS) is 12.1. The standard InChI is InChI=1S/C7H11O6P/c8-5(3-7(11)12)4-14(13)2-1-6(9)10/h13H,1-4H2,(H,9,10)(H,11,12). The first-order valence-corrected chi connectivity index (χ1v) is 5.47. The van der Waals surface area contributed by atoms with Gasteiger partial charge in [0.1, 0.15) is 12.2 Å². The topological polar surface area (TPSA) is 112 Å². The van der Waals surface area contributed by atoms with E-state index in [0.29, 0.717) is 0 Å². The molecule has 0 amide bonds. The van der Waals surface area contributed by atoms with E-state index in [4.69, 9.17) is 15.1 Å². The molecule has 0 aliphatic heterocycles. The van der Waals surface area contributed by atoms with Gasteiger partial charge in [-0.25, -0.2) is 0 Å². The minimum atomic E-state index is -1.68. The van der Waals surface area contributed by atoms with Gasteiger partial charge in [0.05, 0.1) is 12.6 Å². The molecule has 3 N–H and O–H groups in total. The Morgan fingerprint density at radius 1 is 1.07 bits per heavy atom. The van der Waals surface area contributed by atoms with Crippen LogP contribution < -0.4 is 0 Å². The minimum absolute atomic E-state index is 0.0238. The lowest BCUT2D eigenvalue weighted by atomic mass is 10.3. The van der Waals surface area contributed by atoms with Crippen LogP contribution in [0.4, 0.5) is 0 Å². The second-order valence-electron chi connectivity index (χ2n) is 2.64. The zero-order valence-corrected chi connectivity index (χ0v) is 8.24. The van der Waals surface area contributed by atoms with E-state index in [1.54, 1.807) is 0 Å². The second kappa shape index (κ2) is 6.45. The van der Waals surface area contributed by atoms with E-state index in [2.05, 4.69) is 0 Å². The number of ketones is 1. The number of hydrogen-bond donors (Lipinski definition) is 3. The molecular formula is C7H11O6P. The lowest BCUT2D eigenvalue weighted by molar-refractivity contribution is -0.140. The van der Waals surface area contributed by atoms with Crippen LogP contribution in [0.2, 0.25) is 0 Å². The molecule has 0 aromatic rings. The van der Waals surface area contributed by atoms with Crippen molar-refractivity contribution in [3.63, 3.8) is 0 Å². The van der Waals surface area contributed by atoms with Gasteiger partial charge in [-0.15, -0.1) is 0 Å². The molecule has 7 heteroatoms. The molecular weight excluding hydrogens is 211 g/mol. The summed E-state index contributed by atoms with van der Waals surface area (Å²) < 4.78 is 0. The molecule has 0 bridgehead atoms. The lowest BCUT2D eigenvalue weighted by Gasteiger charge is -2.06. The molecule has 0 saturated carbocycles. The van der Waals surface area contributed by atoms with Crippen molar-refractivity contribution in [2.75, 3.05) is 12.3 Å². The Bertz CT molecular complexity index is 238. The van der Waals surface area contributed by atoms with Gasteiger partial charge in [0.2, 0.25) is 0 Å². The van der Waals surface area contributed by atoms with Crippen molar-refractivity contribution in [1.82, 2.24) is 0 Å². The molecule has 0 aromatic heterocycles. The number of Topliss-reactive ketones (excluding diaryl/α,β-unsaturated/α-hetero) is 1. The Labute approximate surface area is 81.4 Å². The third-order valence-corrected chi connectivity index (χ3v) is 2.75. The molecule has 0 radical (unpaired) electrons. The molecule has 14 heavy (non-hydrogen) atoms. The summed E-state index contributed by atoms with van der Waals surface area (Å²) in [5, 5.41) is 16.5. The summed E-state index contributed by atoms with van der Waals surface area (Å²) in [4.78, 5) is 40.2. The minimum Gasteiger partial charge on any atom is -0.481 e. The number of hydrogen-bond acceptors (Lipinski definition) is 4. The number of carboxylic acids is 2. The van der Waals surface area contributed by atoms with Gasteiger partial charge in [-0.3, -0.25) is 14.4 Å². The van der Waals surface area contributed by atoms with Crippen molar-refractivity contribution in [1.29, 1.82) is 0 Å². The fourth-order valence-electron chi connectivity index (χ4n) is 0.732. The summed E-state index contributed by atoms with van der Waals surface area (Å²) in [6.07, 6.45) is -1.04. The average Bonchev–Trinajstić information content (AvgIpc) is 1.98. The number of carbonyl (C=O) groups is 3. The van der Waals surface area contributed by atoms with Gasteiger partial charge in [0.25, 0.3) is 0 Å². The number of carbonyl (C=O) groups excluding carboxylic acids is 1. The van der Waals surface area contributed by atoms with Gasteiger partial charge < -0.3 is 15.1 Å². The maximum Gasteiger partial charge on any atom is 0.310 e. The van der Waals surface area contributed by atoms with E-state index in [1.165, 1.54) is 0 Å². The molecule has 0 aliphatic carbocycles. The average molecular weight is 222 g/mol. The quantitative estimate of drug-likeness (QED) is 0.409. The van der Waals surface area contributed by atoms with E-state index in [-0.39, 0.29) is 18.7 Å². The van der Waals surface area contributed by atoms with Gasteiger partial charge in [-0.05, 0) is 0 Å². The zero-order valence-electron chi connectivity index (χ0n) is 7.34. The van der Waals surface area contributed by atoms with Gasteiger partial charge in [-0.1, -0.05) is 0 Å². The summed E-state index contributed by atoms with van der Waals surface area (Å²) in [5.41, 5.74) is 0. The van der Waals surface area contributed by atoms with Crippen molar-refractivity contribution in [3.05, 3.63) is 0 Å². The van der Waals surface area contributed by atoms with E-state index in [9.17, 15) is 14.4 Å². The highest BCUT2D eigenvalue weighted by Crippen LogP contribution is 2.30. The molecule has 0 spiro atoms. The first kappa shape index (κ1) is 13.0. The molecule has 6 nitrogen and oxygen atoms in total. The summed E-state index contributed by atoms with van der Waals surface area (Å²) in [5.74, 6) is -2.86. The largest absolute Gasteiger partial charge is 0.481 e. The third-order valence-electron chi connectivity index (χ3n) is 1.29. The van der Waals surface area contributed by atoms with Crippen LogP contribution >= 0.6 is 8.15 Å². The Hall–Kier alpha value is -1.00. The fourth-order valence-corrected chi connectivity index (χ4v) is 1.86. The maximum atomic E-state index is 10.8. The smallest absolute Gasteiger partial charge is 0.310 e. The first-order chi connectivity index (χ1) is 6.41. The Morgan fingerprint density at radius 3 is 2.07 bits per heavy atom. The Balaban J connectivity index is 3.71. The molecule has 0 heterocycles. The number of aliphatic carboxylic acids is 2. The van der Waals surface area contributed by atoms with Crippen molar-refractivity contribution in [2.24, 2.45) is 0 Å². The molecule has 0 aromatic carbocycles. The first-order valence-electron chi connectivity index (χ1n) is 3.81. The van der Waals surface area contributed by atoms with Crippen LogP contribution in [0.1, 0.15) is 12.8 Å². The van der Waals surface area contributed by atoms with Crippen LogP contribution in [0.3, 0.4) is 0 Å². The number of rotatable bonds is 7. The van der Waals surface area contributed by atoms with E-state index in [0.717, 1.165) is 0 Å². The van der Waals surface area contributed by atoms with Crippen molar-refractivity contribution < 1.29 is 29.5 Å². The molecule has 1 unspecified atom stereocenters.